The molecule has 7 heteroatoms. The summed E-state index contributed by atoms with van der Waals surface area (Å²) in [6.45, 7) is 0. The molecule has 3 rings (SSSR count). The fourth-order valence-electron chi connectivity index (χ4n) is 3.47. The highest BCUT2D eigenvalue weighted by atomic mass is 16.6. The summed E-state index contributed by atoms with van der Waals surface area (Å²) >= 11 is 0. The normalized spacial score (nSPS) is 14.3. The van der Waals surface area contributed by atoms with Crippen LogP contribution in [-0.2, 0) is 0 Å². The Hall–Kier alpha value is -3.22. The largest absolute Gasteiger partial charge is 0.339 e. The number of non-ortho nitro benzene ring substituents is 1. The van der Waals surface area contributed by atoms with Crippen molar-refractivity contribution in [1.82, 2.24) is 4.90 Å². The first-order chi connectivity index (χ1) is 13.5. The van der Waals surface area contributed by atoms with E-state index in [1.54, 1.807) is 24.3 Å². The summed E-state index contributed by atoms with van der Waals surface area (Å²) in [6.07, 6.45) is 5.66. The van der Waals surface area contributed by atoms with Crippen LogP contribution >= 0.6 is 0 Å². The van der Waals surface area contributed by atoms with Gasteiger partial charge in [0.05, 0.1) is 4.92 Å². The SMILES string of the molecule is CN(C(=O)c1ccc(NC(=O)c2ccc([N+](=O)[O-])cc2)cc1)C1CCCCC1. The van der Waals surface area contributed by atoms with Crippen molar-refractivity contribution in [2.75, 3.05) is 12.4 Å². The zero-order valence-electron chi connectivity index (χ0n) is 15.8. The highest BCUT2D eigenvalue weighted by molar-refractivity contribution is 6.04. The maximum Gasteiger partial charge on any atom is 0.269 e. The number of anilines is 1. The smallest absolute Gasteiger partial charge is 0.269 e. The monoisotopic (exact) mass is 381 g/mol. The van der Waals surface area contributed by atoms with Gasteiger partial charge in [-0.3, -0.25) is 19.7 Å². The number of hydrogen-bond donors (Lipinski definition) is 1. The molecule has 0 unspecified atom stereocenters. The van der Waals surface area contributed by atoms with Crippen molar-refractivity contribution in [2.24, 2.45) is 0 Å². The van der Waals surface area contributed by atoms with Crippen LogP contribution in [0.5, 0.6) is 0 Å². The van der Waals surface area contributed by atoms with Crippen LogP contribution in [0.1, 0.15) is 52.8 Å². The van der Waals surface area contributed by atoms with Crippen LogP contribution in [-0.4, -0.2) is 34.7 Å². The summed E-state index contributed by atoms with van der Waals surface area (Å²) in [5, 5.41) is 13.4. The molecule has 0 spiro atoms. The molecule has 0 aromatic heterocycles. The van der Waals surface area contributed by atoms with Crippen molar-refractivity contribution in [3.63, 3.8) is 0 Å². The van der Waals surface area contributed by atoms with E-state index < -0.39 is 4.92 Å². The van der Waals surface area contributed by atoms with Gasteiger partial charge in [0.2, 0.25) is 0 Å². The Bertz CT molecular complexity index is 856. The highest BCUT2D eigenvalue weighted by Crippen LogP contribution is 2.23. The van der Waals surface area contributed by atoms with Crippen LogP contribution in [0.3, 0.4) is 0 Å². The number of nitrogens with zero attached hydrogens (tertiary/aromatic N) is 2. The van der Waals surface area contributed by atoms with Gasteiger partial charge >= 0.3 is 0 Å². The van der Waals surface area contributed by atoms with Gasteiger partial charge in [0.1, 0.15) is 0 Å². The molecule has 146 valence electrons. The minimum absolute atomic E-state index is 0.0138. The van der Waals surface area contributed by atoms with Crippen LogP contribution < -0.4 is 5.32 Å². The summed E-state index contributed by atoms with van der Waals surface area (Å²) in [4.78, 5) is 36.9. The fourth-order valence-corrected chi connectivity index (χ4v) is 3.47. The number of amides is 2. The van der Waals surface area contributed by atoms with E-state index in [2.05, 4.69) is 5.32 Å². The van der Waals surface area contributed by atoms with Crippen molar-refractivity contribution >= 4 is 23.2 Å². The van der Waals surface area contributed by atoms with Gasteiger partial charge in [-0.2, -0.15) is 0 Å². The molecular weight excluding hydrogens is 358 g/mol. The molecule has 2 aromatic rings. The fraction of sp³-hybridized carbons (Fsp3) is 0.333. The van der Waals surface area contributed by atoms with E-state index in [-0.39, 0.29) is 17.5 Å². The molecule has 0 atom stereocenters. The van der Waals surface area contributed by atoms with Crippen LogP contribution in [0.15, 0.2) is 48.5 Å². The first-order valence-electron chi connectivity index (χ1n) is 9.39. The Kier molecular flexibility index (Phi) is 6.03. The van der Waals surface area contributed by atoms with Gasteiger partial charge in [-0.15, -0.1) is 0 Å². The van der Waals surface area contributed by atoms with Gasteiger partial charge in [0, 0.05) is 42.0 Å². The van der Waals surface area contributed by atoms with Crippen molar-refractivity contribution < 1.29 is 14.5 Å². The zero-order valence-corrected chi connectivity index (χ0v) is 15.8. The van der Waals surface area contributed by atoms with E-state index in [1.807, 2.05) is 11.9 Å². The molecule has 1 fully saturated rings. The molecule has 0 aliphatic heterocycles. The van der Waals surface area contributed by atoms with E-state index in [4.69, 9.17) is 0 Å². The summed E-state index contributed by atoms with van der Waals surface area (Å²) in [5.41, 5.74) is 1.39. The van der Waals surface area contributed by atoms with Gasteiger partial charge in [0.25, 0.3) is 17.5 Å². The molecule has 0 heterocycles. The van der Waals surface area contributed by atoms with Gasteiger partial charge < -0.3 is 10.2 Å². The second-order valence-electron chi connectivity index (χ2n) is 7.04. The van der Waals surface area contributed by atoms with Gasteiger partial charge in [0.15, 0.2) is 0 Å². The predicted molar refractivity (Wildman–Crippen MR) is 106 cm³/mol. The lowest BCUT2D eigenvalue weighted by Crippen LogP contribution is -2.38. The number of benzene rings is 2. The van der Waals surface area contributed by atoms with E-state index >= 15 is 0 Å². The molecule has 0 radical (unpaired) electrons. The van der Waals surface area contributed by atoms with E-state index in [9.17, 15) is 19.7 Å². The van der Waals surface area contributed by atoms with Crippen molar-refractivity contribution in [3.05, 3.63) is 69.8 Å². The number of nitro benzene ring substituents is 1. The first kappa shape index (κ1) is 19.5. The number of nitrogens with one attached hydrogen (secondary N) is 1. The lowest BCUT2D eigenvalue weighted by molar-refractivity contribution is -0.384. The standard InChI is InChI=1S/C21H23N3O4/c1-23(18-5-3-2-4-6-18)21(26)16-7-11-17(12-8-16)22-20(25)15-9-13-19(14-10-15)24(27)28/h7-14,18H,2-6H2,1H3,(H,22,25). The molecular formula is C21H23N3O4. The molecule has 28 heavy (non-hydrogen) atoms. The van der Waals surface area contributed by atoms with Gasteiger partial charge in [-0.05, 0) is 49.2 Å². The number of carbonyl (C=O) groups excluding carboxylic acids is 2. The minimum Gasteiger partial charge on any atom is -0.339 e. The molecule has 0 saturated heterocycles. The molecule has 7 nitrogen and oxygen atoms in total. The number of nitro groups is 1. The quantitative estimate of drug-likeness (QED) is 0.619. The lowest BCUT2D eigenvalue weighted by Gasteiger charge is -2.31. The van der Waals surface area contributed by atoms with Crippen molar-refractivity contribution in [1.29, 1.82) is 0 Å². The second-order valence-corrected chi connectivity index (χ2v) is 7.04. The van der Waals surface area contributed by atoms with Crippen LogP contribution in [0.4, 0.5) is 11.4 Å². The average Bonchev–Trinajstić information content (AvgIpc) is 2.74. The topological polar surface area (TPSA) is 92.6 Å². The second kappa shape index (κ2) is 8.65. The molecule has 1 aliphatic carbocycles. The Morgan fingerprint density at radius 1 is 0.964 bits per heavy atom. The predicted octanol–water partition coefficient (Wildman–Crippen LogP) is 4.25. The Morgan fingerprint density at radius 2 is 1.54 bits per heavy atom. The number of carbonyl (C=O) groups is 2. The van der Waals surface area contributed by atoms with Crippen LogP contribution in [0.25, 0.3) is 0 Å². The lowest BCUT2D eigenvalue weighted by atomic mass is 9.94. The molecule has 2 aromatic carbocycles. The zero-order chi connectivity index (χ0) is 20.1. The molecule has 1 saturated carbocycles. The van der Waals surface area contributed by atoms with Crippen molar-refractivity contribution in [3.8, 4) is 0 Å². The third-order valence-electron chi connectivity index (χ3n) is 5.17. The highest BCUT2D eigenvalue weighted by Gasteiger charge is 2.23. The van der Waals surface area contributed by atoms with Crippen molar-refractivity contribution in [2.45, 2.75) is 38.1 Å². The summed E-state index contributed by atoms with van der Waals surface area (Å²) in [5.74, 6) is -0.381. The Labute approximate surface area is 163 Å². The van der Waals surface area contributed by atoms with Gasteiger partial charge in [-0.25, -0.2) is 0 Å². The Morgan fingerprint density at radius 3 is 2.11 bits per heavy atom. The van der Waals surface area contributed by atoms with Crippen LogP contribution in [0.2, 0.25) is 0 Å². The first-order valence-corrected chi connectivity index (χ1v) is 9.39. The number of rotatable bonds is 5. The maximum atomic E-state index is 12.7. The van der Waals surface area contributed by atoms with E-state index in [1.165, 1.54) is 30.7 Å². The van der Waals surface area contributed by atoms with E-state index in [0.717, 1.165) is 25.7 Å². The van der Waals surface area contributed by atoms with E-state index in [0.29, 0.717) is 22.9 Å². The van der Waals surface area contributed by atoms with Crippen LogP contribution in [0, 0.1) is 10.1 Å². The third kappa shape index (κ3) is 4.54. The molecule has 1 aliphatic rings. The third-order valence-corrected chi connectivity index (χ3v) is 5.17. The summed E-state index contributed by atoms with van der Waals surface area (Å²) in [6, 6.07) is 12.5. The molecule has 1 N–H and O–H groups in total. The molecule has 0 bridgehead atoms. The van der Waals surface area contributed by atoms with Gasteiger partial charge in [-0.1, -0.05) is 19.3 Å². The average molecular weight is 381 g/mol. The number of hydrogen-bond acceptors (Lipinski definition) is 4. The summed E-state index contributed by atoms with van der Waals surface area (Å²) < 4.78 is 0. The molecule has 2 amide bonds. The maximum absolute atomic E-state index is 12.7. The summed E-state index contributed by atoms with van der Waals surface area (Å²) in [7, 11) is 1.85. The minimum atomic E-state index is -0.512. The Balaban J connectivity index is 1.62.